The molecule has 4 aromatic rings. The Morgan fingerprint density at radius 2 is 1.20 bits per heavy atom. The van der Waals surface area contributed by atoms with Gasteiger partial charge in [-0.05, 0) is 60.5 Å². The zero-order chi connectivity index (χ0) is 31.3. The molecule has 10 nitrogen and oxygen atoms in total. The second-order valence-corrected chi connectivity index (χ2v) is 12.4. The molecule has 6 rings (SSSR count). The Bertz CT molecular complexity index is 1810. The van der Waals surface area contributed by atoms with Crippen LogP contribution in [0.2, 0.25) is 0 Å². The van der Waals surface area contributed by atoms with E-state index in [-0.39, 0.29) is 30.5 Å². The van der Waals surface area contributed by atoms with E-state index in [0.29, 0.717) is 51.2 Å². The topological polar surface area (TPSA) is 118 Å². The summed E-state index contributed by atoms with van der Waals surface area (Å²) in [7, 11) is 6.14. The van der Waals surface area contributed by atoms with Gasteiger partial charge in [0.1, 0.15) is 18.1 Å². The highest BCUT2D eigenvalue weighted by Crippen LogP contribution is 2.29. The number of furan rings is 2. The standard InChI is InChI=1S/C34H32N3O7/c1-20(30(38)29-14-12-23(44-29)18-35-31(39)25-7-5-6-8-26(25)32(35)40)15-21-9-13-27-28(16-21)34(42)36(33(27)41)17-22-10-11-24(43-22)19-37(2,3)4/h5-14,16,20H,15,17-19H2,1-4H3/q+1. The molecule has 2 aliphatic heterocycles. The molecule has 0 fully saturated rings. The molecule has 0 radical (unpaired) electrons. The lowest BCUT2D eigenvalue weighted by atomic mass is 9.94. The van der Waals surface area contributed by atoms with Gasteiger partial charge in [0.15, 0.2) is 11.5 Å². The number of carbonyl (C=O) groups excluding carboxylic acids is 5. The minimum absolute atomic E-state index is 0.0370. The molecule has 0 bridgehead atoms. The largest absolute Gasteiger partial charge is 0.458 e. The maximum absolute atomic E-state index is 13.2. The number of ketones is 1. The van der Waals surface area contributed by atoms with Crippen LogP contribution in [0.25, 0.3) is 0 Å². The van der Waals surface area contributed by atoms with Crippen LogP contribution < -0.4 is 0 Å². The monoisotopic (exact) mass is 594 g/mol. The van der Waals surface area contributed by atoms with Gasteiger partial charge in [-0.15, -0.1) is 0 Å². The summed E-state index contributed by atoms with van der Waals surface area (Å²) in [6, 6.07) is 18.4. The highest BCUT2D eigenvalue weighted by atomic mass is 16.4. The Morgan fingerprint density at radius 3 is 1.82 bits per heavy atom. The highest BCUT2D eigenvalue weighted by molar-refractivity contribution is 6.22. The van der Waals surface area contributed by atoms with Crippen LogP contribution in [0.5, 0.6) is 0 Å². The predicted molar refractivity (Wildman–Crippen MR) is 158 cm³/mol. The van der Waals surface area contributed by atoms with Crippen molar-refractivity contribution in [1.29, 1.82) is 0 Å². The van der Waals surface area contributed by atoms with Gasteiger partial charge in [0.25, 0.3) is 23.6 Å². The number of imide groups is 2. The van der Waals surface area contributed by atoms with Crippen molar-refractivity contribution in [2.45, 2.75) is 33.0 Å². The molecule has 0 saturated carbocycles. The van der Waals surface area contributed by atoms with Crippen molar-refractivity contribution >= 4 is 29.4 Å². The average Bonchev–Trinajstić information content (AvgIpc) is 3.74. The molecule has 2 aromatic carbocycles. The predicted octanol–water partition coefficient (Wildman–Crippen LogP) is 4.73. The van der Waals surface area contributed by atoms with E-state index in [1.807, 2.05) is 27.2 Å². The van der Waals surface area contributed by atoms with Gasteiger partial charge < -0.3 is 13.3 Å². The quantitative estimate of drug-likeness (QED) is 0.148. The van der Waals surface area contributed by atoms with E-state index in [1.54, 1.807) is 61.5 Å². The lowest BCUT2D eigenvalue weighted by Gasteiger charge is -2.22. The van der Waals surface area contributed by atoms with Gasteiger partial charge in [0.05, 0.1) is 56.5 Å². The van der Waals surface area contributed by atoms with Crippen LogP contribution in [0, 0.1) is 5.92 Å². The van der Waals surface area contributed by atoms with Crippen LogP contribution in [0.4, 0.5) is 0 Å². The summed E-state index contributed by atoms with van der Waals surface area (Å²) >= 11 is 0. The van der Waals surface area contributed by atoms with Crippen molar-refractivity contribution in [2.24, 2.45) is 5.92 Å². The fourth-order valence-electron chi connectivity index (χ4n) is 5.65. The van der Waals surface area contributed by atoms with Crippen LogP contribution in [0.1, 0.15) is 81.8 Å². The lowest BCUT2D eigenvalue weighted by molar-refractivity contribution is -0.884. The van der Waals surface area contributed by atoms with Crippen molar-refractivity contribution in [3.05, 3.63) is 118 Å². The van der Waals surface area contributed by atoms with Crippen LogP contribution >= 0.6 is 0 Å². The second-order valence-electron chi connectivity index (χ2n) is 12.4. The SMILES string of the molecule is CC(Cc1ccc2c(c1)C(=O)N(Cc1ccc(C[N+](C)(C)C)o1)C2=O)C(=O)c1ccc(CN2C(=O)c3ccccc3C2=O)o1. The van der Waals surface area contributed by atoms with E-state index in [2.05, 4.69) is 0 Å². The van der Waals surface area contributed by atoms with E-state index in [4.69, 9.17) is 8.83 Å². The minimum atomic E-state index is -0.502. The third-order valence-electron chi connectivity index (χ3n) is 7.78. The number of hydrogen-bond donors (Lipinski definition) is 0. The molecule has 2 aliphatic rings. The summed E-state index contributed by atoms with van der Waals surface area (Å²) in [5.41, 5.74) is 2.04. The van der Waals surface area contributed by atoms with Gasteiger partial charge in [-0.1, -0.05) is 25.1 Å². The van der Waals surface area contributed by atoms with Crippen molar-refractivity contribution in [2.75, 3.05) is 21.1 Å². The van der Waals surface area contributed by atoms with E-state index in [0.717, 1.165) is 16.2 Å². The van der Waals surface area contributed by atoms with Crippen LogP contribution in [0.15, 0.2) is 75.6 Å². The summed E-state index contributed by atoms with van der Waals surface area (Å²) in [5.74, 6) is -0.613. The molecule has 224 valence electrons. The summed E-state index contributed by atoms with van der Waals surface area (Å²) in [6.45, 7) is 2.39. The fraction of sp³-hybridized carbons (Fsp3) is 0.265. The molecule has 4 heterocycles. The van der Waals surface area contributed by atoms with E-state index < -0.39 is 23.6 Å². The van der Waals surface area contributed by atoms with Crippen molar-refractivity contribution in [1.82, 2.24) is 9.80 Å². The molecule has 2 aromatic heterocycles. The van der Waals surface area contributed by atoms with Gasteiger partial charge in [-0.2, -0.15) is 0 Å². The first-order chi connectivity index (χ1) is 20.9. The Labute approximate surface area is 254 Å². The van der Waals surface area contributed by atoms with Crippen LogP contribution in [0.3, 0.4) is 0 Å². The van der Waals surface area contributed by atoms with Gasteiger partial charge in [0, 0.05) is 5.92 Å². The number of benzene rings is 2. The Balaban J connectivity index is 1.10. The zero-order valence-corrected chi connectivity index (χ0v) is 25.0. The molecule has 0 aliphatic carbocycles. The van der Waals surface area contributed by atoms with Crippen molar-refractivity contribution in [3.8, 4) is 0 Å². The molecule has 4 amide bonds. The number of Topliss-reactive ketones (excluding diaryl/α,β-unsaturated/α-hetero) is 1. The molecule has 44 heavy (non-hydrogen) atoms. The zero-order valence-electron chi connectivity index (χ0n) is 25.0. The van der Waals surface area contributed by atoms with Crippen molar-refractivity contribution < 1.29 is 37.3 Å². The van der Waals surface area contributed by atoms with Gasteiger partial charge in [0.2, 0.25) is 5.78 Å². The van der Waals surface area contributed by atoms with Crippen LogP contribution in [-0.4, -0.2) is 64.8 Å². The number of nitrogens with zero attached hydrogens (tertiary/aromatic N) is 3. The summed E-state index contributed by atoms with van der Waals surface area (Å²) in [6.07, 6.45) is 0.314. The molecule has 1 unspecified atom stereocenters. The molecular weight excluding hydrogens is 562 g/mol. The van der Waals surface area contributed by atoms with Gasteiger partial charge in [-0.3, -0.25) is 33.8 Å². The Morgan fingerprint density at radius 1 is 0.682 bits per heavy atom. The number of hydrogen-bond acceptors (Lipinski definition) is 7. The third-order valence-corrected chi connectivity index (χ3v) is 7.78. The van der Waals surface area contributed by atoms with Crippen molar-refractivity contribution in [3.63, 3.8) is 0 Å². The summed E-state index contributed by atoms with van der Waals surface area (Å²) in [5, 5.41) is 0. The Hall–Kier alpha value is -5.09. The molecule has 0 saturated heterocycles. The normalized spacial score (nSPS) is 15.3. The number of carbonyl (C=O) groups is 5. The first-order valence-corrected chi connectivity index (χ1v) is 14.3. The molecule has 10 heteroatoms. The summed E-state index contributed by atoms with van der Waals surface area (Å²) < 4.78 is 12.3. The molecule has 0 N–H and O–H groups in total. The average molecular weight is 595 g/mol. The minimum Gasteiger partial charge on any atom is -0.458 e. The van der Waals surface area contributed by atoms with Crippen LogP contribution in [-0.2, 0) is 26.1 Å². The smallest absolute Gasteiger partial charge is 0.261 e. The first-order valence-electron chi connectivity index (χ1n) is 14.3. The number of rotatable bonds is 10. The lowest BCUT2D eigenvalue weighted by Crippen LogP contribution is -2.33. The second kappa shape index (κ2) is 10.9. The fourth-order valence-corrected chi connectivity index (χ4v) is 5.65. The first kappa shape index (κ1) is 29.0. The molecular formula is C34H32N3O7+. The Kier molecular flexibility index (Phi) is 7.17. The van der Waals surface area contributed by atoms with E-state index in [1.165, 1.54) is 11.0 Å². The maximum atomic E-state index is 13.2. The van der Waals surface area contributed by atoms with E-state index in [9.17, 15) is 24.0 Å². The third kappa shape index (κ3) is 5.40. The summed E-state index contributed by atoms with van der Waals surface area (Å²) in [4.78, 5) is 67.2. The molecule has 1 atom stereocenters. The van der Waals surface area contributed by atoms with Gasteiger partial charge >= 0.3 is 0 Å². The number of amides is 4. The maximum Gasteiger partial charge on any atom is 0.261 e. The van der Waals surface area contributed by atoms with E-state index >= 15 is 0 Å². The molecule has 0 spiro atoms. The van der Waals surface area contributed by atoms with Gasteiger partial charge in [-0.25, -0.2) is 0 Å². The number of quaternary nitrogens is 1. The highest BCUT2D eigenvalue weighted by Gasteiger charge is 2.37. The number of fused-ring (bicyclic) bond motifs is 2.